The second kappa shape index (κ2) is 6.57. The third-order valence-electron chi connectivity index (χ3n) is 0.826. The van der Waals surface area contributed by atoms with Crippen molar-refractivity contribution in [1.29, 1.82) is 0 Å². The minimum Gasteiger partial charge on any atom is -0.390 e. The van der Waals surface area contributed by atoms with Crippen molar-refractivity contribution in [2.24, 2.45) is 5.73 Å². The van der Waals surface area contributed by atoms with Crippen LogP contribution in [0.5, 0.6) is 0 Å². The van der Waals surface area contributed by atoms with Crippen molar-refractivity contribution in [3.05, 3.63) is 12.7 Å². The summed E-state index contributed by atoms with van der Waals surface area (Å²) in [5.74, 6) is 0.435. The van der Waals surface area contributed by atoms with Gasteiger partial charge in [-0.1, -0.05) is 6.08 Å². The van der Waals surface area contributed by atoms with Crippen LogP contribution in [0.3, 0.4) is 0 Å². The lowest BCUT2D eigenvalue weighted by Crippen LogP contribution is -2.32. The first-order valence-electron chi connectivity index (χ1n) is 3.03. The molecule has 3 nitrogen and oxygen atoms in total. The van der Waals surface area contributed by atoms with Crippen LogP contribution in [0, 0.1) is 0 Å². The Morgan fingerprint density at radius 2 is 2.55 bits per heavy atom. The molecule has 64 valence electrons. The SMILES string of the molecule is C=CCSOC(=O)[C@@H](N)CS. The monoisotopic (exact) mass is 193 g/mol. The zero-order valence-electron chi connectivity index (χ0n) is 6.03. The van der Waals surface area contributed by atoms with Gasteiger partial charge >= 0.3 is 5.97 Å². The Kier molecular flexibility index (Phi) is 6.49. The third-order valence-corrected chi connectivity index (χ3v) is 1.87. The van der Waals surface area contributed by atoms with Gasteiger partial charge in [-0.05, 0) is 0 Å². The molecular formula is C6H11NO2S2. The fourth-order valence-electron chi connectivity index (χ4n) is 0.277. The average Bonchev–Trinajstić information content (AvgIpc) is 2.03. The van der Waals surface area contributed by atoms with E-state index >= 15 is 0 Å². The summed E-state index contributed by atoms with van der Waals surface area (Å²) < 4.78 is 4.67. The van der Waals surface area contributed by atoms with E-state index in [-0.39, 0.29) is 0 Å². The molecule has 0 amide bonds. The predicted molar refractivity (Wildman–Crippen MR) is 50.6 cm³/mol. The van der Waals surface area contributed by atoms with Gasteiger partial charge in [0.25, 0.3) is 0 Å². The minimum absolute atomic E-state index is 0.299. The number of nitrogens with two attached hydrogens (primary N) is 1. The molecule has 0 unspecified atom stereocenters. The van der Waals surface area contributed by atoms with Gasteiger partial charge in [0.15, 0.2) is 0 Å². The lowest BCUT2D eigenvalue weighted by molar-refractivity contribution is -0.133. The van der Waals surface area contributed by atoms with E-state index in [1.807, 2.05) is 0 Å². The zero-order chi connectivity index (χ0) is 8.69. The zero-order valence-corrected chi connectivity index (χ0v) is 7.74. The first-order valence-corrected chi connectivity index (χ1v) is 4.57. The summed E-state index contributed by atoms with van der Waals surface area (Å²) >= 11 is 4.87. The number of hydrogen-bond acceptors (Lipinski definition) is 5. The van der Waals surface area contributed by atoms with Crippen molar-refractivity contribution in [3.63, 3.8) is 0 Å². The summed E-state index contributed by atoms with van der Waals surface area (Å²) in [6.07, 6.45) is 1.64. The maximum atomic E-state index is 10.8. The van der Waals surface area contributed by atoms with Crippen LogP contribution in [-0.2, 0) is 8.98 Å². The van der Waals surface area contributed by atoms with Crippen molar-refractivity contribution < 1.29 is 8.98 Å². The summed E-state index contributed by atoms with van der Waals surface area (Å²) in [5, 5.41) is 0. The highest BCUT2D eigenvalue weighted by molar-refractivity contribution is 7.95. The van der Waals surface area contributed by atoms with Crippen molar-refractivity contribution >= 4 is 30.6 Å². The highest BCUT2D eigenvalue weighted by Gasteiger charge is 2.12. The summed E-state index contributed by atoms with van der Waals surface area (Å²) in [4.78, 5) is 10.8. The summed E-state index contributed by atoms with van der Waals surface area (Å²) in [7, 11) is 0. The van der Waals surface area contributed by atoms with Crippen LogP contribution < -0.4 is 5.73 Å². The second-order valence-electron chi connectivity index (χ2n) is 1.76. The molecule has 0 aliphatic rings. The second-order valence-corrected chi connectivity index (χ2v) is 2.87. The summed E-state index contributed by atoms with van der Waals surface area (Å²) in [5.41, 5.74) is 5.31. The first kappa shape index (κ1) is 10.9. The summed E-state index contributed by atoms with van der Waals surface area (Å²) in [6, 6.07) is -0.629. The van der Waals surface area contributed by atoms with E-state index < -0.39 is 12.0 Å². The fourth-order valence-corrected chi connectivity index (χ4v) is 0.830. The molecular weight excluding hydrogens is 182 g/mol. The van der Waals surface area contributed by atoms with E-state index in [2.05, 4.69) is 23.4 Å². The Balaban J connectivity index is 3.43. The highest BCUT2D eigenvalue weighted by atomic mass is 32.2. The lowest BCUT2D eigenvalue weighted by atomic mass is 10.4. The highest BCUT2D eigenvalue weighted by Crippen LogP contribution is 2.04. The lowest BCUT2D eigenvalue weighted by Gasteiger charge is -2.05. The number of thiol groups is 1. The van der Waals surface area contributed by atoms with E-state index in [1.165, 1.54) is 0 Å². The Labute approximate surface area is 76.0 Å². The fraction of sp³-hybridized carbons (Fsp3) is 0.500. The van der Waals surface area contributed by atoms with Gasteiger partial charge in [-0.25, -0.2) is 4.79 Å². The molecule has 0 aliphatic carbocycles. The van der Waals surface area contributed by atoms with E-state index in [0.29, 0.717) is 11.5 Å². The molecule has 0 saturated heterocycles. The maximum Gasteiger partial charge on any atom is 0.335 e. The normalized spacial score (nSPS) is 12.2. The smallest absolute Gasteiger partial charge is 0.335 e. The van der Waals surface area contributed by atoms with Crippen molar-refractivity contribution in [3.8, 4) is 0 Å². The van der Waals surface area contributed by atoms with Gasteiger partial charge in [0, 0.05) is 11.5 Å². The number of carbonyl (C=O) groups is 1. The van der Waals surface area contributed by atoms with Crippen LogP contribution in [-0.4, -0.2) is 23.5 Å². The maximum absolute atomic E-state index is 10.8. The van der Waals surface area contributed by atoms with Crippen LogP contribution in [0.15, 0.2) is 12.7 Å². The van der Waals surface area contributed by atoms with E-state index in [1.54, 1.807) is 6.08 Å². The van der Waals surface area contributed by atoms with Crippen LogP contribution >= 0.6 is 24.7 Å². The molecule has 0 bridgehead atoms. The van der Waals surface area contributed by atoms with Gasteiger partial charge in [0.2, 0.25) is 0 Å². The molecule has 0 aliphatic heterocycles. The molecule has 0 saturated carbocycles. The minimum atomic E-state index is -0.629. The molecule has 0 heterocycles. The van der Waals surface area contributed by atoms with Crippen LogP contribution in [0.1, 0.15) is 0 Å². The quantitative estimate of drug-likeness (QED) is 0.291. The van der Waals surface area contributed by atoms with Gasteiger partial charge < -0.3 is 9.92 Å². The molecule has 1 atom stereocenters. The van der Waals surface area contributed by atoms with E-state index in [0.717, 1.165) is 12.0 Å². The molecule has 2 N–H and O–H groups in total. The largest absolute Gasteiger partial charge is 0.390 e. The number of hydrogen-bond donors (Lipinski definition) is 2. The van der Waals surface area contributed by atoms with Crippen molar-refractivity contribution in [2.75, 3.05) is 11.5 Å². The molecule has 0 rings (SSSR count). The van der Waals surface area contributed by atoms with Gasteiger partial charge in [-0.15, -0.1) is 6.58 Å². The van der Waals surface area contributed by atoms with Crippen LogP contribution in [0.4, 0.5) is 0 Å². The molecule has 0 fully saturated rings. The van der Waals surface area contributed by atoms with Crippen LogP contribution in [0.25, 0.3) is 0 Å². The number of carbonyl (C=O) groups excluding carboxylic acids is 1. The predicted octanol–water partition coefficient (Wildman–Crippen LogP) is 0.621. The molecule has 5 heteroatoms. The molecule has 0 aromatic heterocycles. The van der Waals surface area contributed by atoms with Crippen molar-refractivity contribution in [1.82, 2.24) is 0 Å². The molecule has 11 heavy (non-hydrogen) atoms. The van der Waals surface area contributed by atoms with Crippen molar-refractivity contribution in [2.45, 2.75) is 6.04 Å². The topological polar surface area (TPSA) is 52.3 Å². The Morgan fingerprint density at radius 3 is 3.00 bits per heavy atom. The van der Waals surface area contributed by atoms with Gasteiger partial charge in [-0.3, -0.25) is 0 Å². The Hall–Kier alpha value is -0.130. The standard InChI is InChI=1S/C6H11NO2S2/c1-2-3-11-9-6(8)5(7)4-10/h2,5,10H,1,3-4,7H2/t5-/m0/s1. The van der Waals surface area contributed by atoms with E-state index in [4.69, 9.17) is 5.73 Å². The summed E-state index contributed by atoms with van der Waals surface area (Å²) in [6.45, 7) is 3.46. The number of rotatable bonds is 5. The Morgan fingerprint density at radius 1 is 1.91 bits per heavy atom. The van der Waals surface area contributed by atoms with Gasteiger partial charge in [0.1, 0.15) is 6.04 Å². The van der Waals surface area contributed by atoms with Crippen LogP contribution in [0.2, 0.25) is 0 Å². The Bertz CT molecular complexity index is 141. The molecule has 0 aromatic rings. The van der Waals surface area contributed by atoms with Gasteiger partial charge in [0.05, 0.1) is 12.0 Å². The molecule has 0 radical (unpaired) electrons. The third kappa shape index (κ3) is 5.17. The van der Waals surface area contributed by atoms with E-state index in [9.17, 15) is 4.79 Å². The first-order chi connectivity index (χ1) is 5.22. The molecule has 0 spiro atoms. The average molecular weight is 193 g/mol. The van der Waals surface area contributed by atoms with Gasteiger partial charge in [-0.2, -0.15) is 12.6 Å². The molecule has 0 aromatic carbocycles.